The molecule has 1 aromatic heterocycles. The second-order valence-corrected chi connectivity index (χ2v) is 4.41. The summed E-state index contributed by atoms with van der Waals surface area (Å²) < 4.78 is 0. The van der Waals surface area contributed by atoms with Crippen molar-refractivity contribution in [2.45, 2.75) is 6.92 Å². The average Bonchev–Trinajstić information content (AvgIpc) is 2.95. The fourth-order valence-electron chi connectivity index (χ4n) is 1.49. The molecule has 20 heavy (non-hydrogen) atoms. The molecule has 1 aromatic carbocycles. The van der Waals surface area contributed by atoms with Crippen LogP contribution >= 0.6 is 12.4 Å². The quantitative estimate of drug-likeness (QED) is 0.862. The van der Waals surface area contributed by atoms with Crippen LogP contribution in [0.5, 0.6) is 0 Å². The van der Waals surface area contributed by atoms with Crippen LogP contribution < -0.4 is 11.1 Å². The summed E-state index contributed by atoms with van der Waals surface area (Å²) in [6.45, 7) is 3.05. The molecule has 0 radical (unpaired) electrons. The number of carbonyl (C=O) groups is 1. The van der Waals surface area contributed by atoms with Crippen LogP contribution in [0.25, 0.3) is 5.69 Å². The van der Waals surface area contributed by atoms with E-state index in [0.29, 0.717) is 18.8 Å². The van der Waals surface area contributed by atoms with E-state index in [2.05, 4.69) is 15.5 Å². The van der Waals surface area contributed by atoms with Crippen LogP contribution in [0, 0.1) is 5.92 Å². The standard InChI is InChI=1S/C13H17N5O.ClH/c1-10(7-14)8-15-13(19)12-9-16-18(17-12)11-5-3-2-4-6-11;/h2-6,9-10H,7-8,14H2,1H3,(H,15,19);1H. The van der Waals surface area contributed by atoms with Gasteiger partial charge in [0.1, 0.15) is 0 Å². The smallest absolute Gasteiger partial charge is 0.273 e. The van der Waals surface area contributed by atoms with Crippen molar-refractivity contribution in [3.8, 4) is 5.69 Å². The van der Waals surface area contributed by atoms with Gasteiger partial charge in [-0.25, -0.2) is 0 Å². The van der Waals surface area contributed by atoms with Gasteiger partial charge in [0.25, 0.3) is 5.91 Å². The van der Waals surface area contributed by atoms with Gasteiger partial charge in [0.05, 0.1) is 11.9 Å². The number of halogens is 1. The summed E-state index contributed by atoms with van der Waals surface area (Å²) in [5, 5.41) is 11.0. The van der Waals surface area contributed by atoms with Gasteiger partial charge in [0, 0.05) is 6.54 Å². The molecule has 0 spiro atoms. The maximum absolute atomic E-state index is 11.8. The van der Waals surface area contributed by atoms with Gasteiger partial charge in [-0.2, -0.15) is 9.90 Å². The molecule has 0 aliphatic rings. The van der Waals surface area contributed by atoms with E-state index in [-0.39, 0.29) is 24.2 Å². The minimum Gasteiger partial charge on any atom is -0.350 e. The number of hydrogen-bond donors (Lipinski definition) is 2. The van der Waals surface area contributed by atoms with E-state index in [1.54, 1.807) is 0 Å². The van der Waals surface area contributed by atoms with Gasteiger partial charge in [0.2, 0.25) is 0 Å². The zero-order valence-electron chi connectivity index (χ0n) is 11.2. The van der Waals surface area contributed by atoms with Gasteiger partial charge in [-0.15, -0.1) is 17.5 Å². The van der Waals surface area contributed by atoms with Gasteiger partial charge >= 0.3 is 0 Å². The number of nitrogens with two attached hydrogens (primary N) is 1. The Hall–Kier alpha value is -1.92. The van der Waals surface area contributed by atoms with E-state index in [9.17, 15) is 4.79 Å². The fraction of sp³-hybridized carbons (Fsp3) is 0.308. The second-order valence-electron chi connectivity index (χ2n) is 4.41. The highest BCUT2D eigenvalue weighted by molar-refractivity contribution is 5.91. The molecule has 7 heteroatoms. The molecule has 1 unspecified atom stereocenters. The highest BCUT2D eigenvalue weighted by Gasteiger charge is 2.11. The third-order valence-corrected chi connectivity index (χ3v) is 2.73. The van der Waals surface area contributed by atoms with E-state index in [4.69, 9.17) is 5.73 Å². The molecule has 0 saturated heterocycles. The van der Waals surface area contributed by atoms with Crippen molar-refractivity contribution in [2.75, 3.05) is 13.1 Å². The Morgan fingerprint density at radius 3 is 2.75 bits per heavy atom. The number of benzene rings is 1. The molecule has 1 heterocycles. The first kappa shape index (κ1) is 16.1. The van der Waals surface area contributed by atoms with Gasteiger partial charge in [0.15, 0.2) is 5.69 Å². The number of rotatable bonds is 5. The van der Waals surface area contributed by atoms with Crippen LogP contribution in [0.1, 0.15) is 17.4 Å². The summed E-state index contributed by atoms with van der Waals surface area (Å²) in [7, 11) is 0. The zero-order valence-corrected chi connectivity index (χ0v) is 12.0. The average molecular weight is 296 g/mol. The fourth-order valence-corrected chi connectivity index (χ4v) is 1.49. The molecule has 0 bridgehead atoms. The molecule has 0 saturated carbocycles. The van der Waals surface area contributed by atoms with Gasteiger partial charge in [-0.3, -0.25) is 4.79 Å². The lowest BCUT2D eigenvalue weighted by Crippen LogP contribution is -2.31. The van der Waals surface area contributed by atoms with Crippen LogP contribution in [-0.2, 0) is 0 Å². The molecular weight excluding hydrogens is 278 g/mol. The summed E-state index contributed by atoms with van der Waals surface area (Å²) >= 11 is 0. The first-order chi connectivity index (χ1) is 9.20. The molecule has 3 N–H and O–H groups in total. The normalized spacial score (nSPS) is 11.5. The van der Waals surface area contributed by atoms with Crippen molar-refractivity contribution in [1.29, 1.82) is 0 Å². The lowest BCUT2D eigenvalue weighted by Gasteiger charge is -2.08. The molecule has 1 amide bonds. The van der Waals surface area contributed by atoms with E-state index in [0.717, 1.165) is 5.69 Å². The summed E-state index contributed by atoms with van der Waals surface area (Å²) in [5.74, 6) is 0.00981. The molecule has 2 aromatic rings. The number of carbonyl (C=O) groups excluding carboxylic acids is 1. The minimum atomic E-state index is -0.234. The SMILES string of the molecule is CC(CN)CNC(=O)c1cnn(-c2ccccc2)n1.Cl. The maximum Gasteiger partial charge on any atom is 0.273 e. The Morgan fingerprint density at radius 2 is 2.10 bits per heavy atom. The Labute approximate surface area is 123 Å². The first-order valence-corrected chi connectivity index (χ1v) is 6.16. The summed E-state index contributed by atoms with van der Waals surface area (Å²) in [5.41, 5.74) is 6.61. The third kappa shape index (κ3) is 4.04. The van der Waals surface area contributed by atoms with Gasteiger partial charge in [-0.05, 0) is 24.6 Å². The number of para-hydroxylation sites is 1. The topological polar surface area (TPSA) is 85.8 Å². The minimum absolute atomic E-state index is 0. The van der Waals surface area contributed by atoms with E-state index in [1.165, 1.54) is 11.0 Å². The number of aromatic nitrogens is 3. The third-order valence-electron chi connectivity index (χ3n) is 2.73. The zero-order chi connectivity index (χ0) is 13.7. The van der Waals surface area contributed by atoms with Crippen molar-refractivity contribution in [3.63, 3.8) is 0 Å². The maximum atomic E-state index is 11.8. The highest BCUT2D eigenvalue weighted by Crippen LogP contribution is 2.04. The van der Waals surface area contributed by atoms with Crippen molar-refractivity contribution in [1.82, 2.24) is 20.3 Å². The molecule has 0 aliphatic heterocycles. The number of nitrogens with zero attached hydrogens (tertiary/aromatic N) is 3. The van der Waals surface area contributed by atoms with Crippen LogP contribution in [0.3, 0.4) is 0 Å². The second kappa shape index (κ2) is 7.62. The molecule has 1 atom stereocenters. The van der Waals surface area contributed by atoms with Crippen molar-refractivity contribution >= 4 is 18.3 Å². The molecule has 108 valence electrons. The Kier molecular flexibility index (Phi) is 6.14. The highest BCUT2D eigenvalue weighted by atomic mass is 35.5. The molecule has 2 rings (SSSR count). The van der Waals surface area contributed by atoms with Crippen LogP contribution in [0.15, 0.2) is 36.5 Å². The van der Waals surface area contributed by atoms with Crippen LogP contribution in [-0.4, -0.2) is 34.0 Å². The predicted molar refractivity (Wildman–Crippen MR) is 79.2 cm³/mol. The van der Waals surface area contributed by atoms with Crippen LogP contribution in [0.4, 0.5) is 0 Å². The van der Waals surface area contributed by atoms with E-state index < -0.39 is 0 Å². The Morgan fingerprint density at radius 1 is 1.40 bits per heavy atom. The Balaban J connectivity index is 0.00000200. The monoisotopic (exact) mass is 295 g/mol. The number of amides is 1. The first-order valence-electron chi connectivity index (χ1n) is 6.16. The molecule has 0 fully saturated rings. The van der Waals surface area contributed by atoms with E-state index in [1.807, 2.05) is 37.3 Å². The lowest BCUT2D eigenvalue weighted by molar-refractivity contribution is 0.0943. The number of hydrogen-bond acceptors (Lipinski definition) is 4. The van der Waals surface area contributed by atoms with Gasteiger partial charge in [-0.1, -0.05) is 25.1 Å². The molecule has 0 aliphatic carbocycles. The lowest BCUT2D eigenvalue weighted by atomic mass is 10.2. The van der Waals surface area contributed by atoms with Crippen molar-refractivity contribution in [3.05, 3.63) is 42.2 Å². The molecular formula is C13H18ClN5O. The summed E-state index contributed by atoms with van der Waals surface area (Å²) in [6.07, 6.45) is 1.45. The summed E-state index contributed by atoms with van der Waals surface area (Å²) in [6, 6.07) is 9.44. The van der Waals surface area contributed by atoms with Gasteiger partial charge < -0.3 is 11.1 Å². The van der Waals surface area contributed by atoms with Crippen molar-refractivity contribution < 1.29 is 4.79 Å². The van der Waals surface area contributed by atoms with Crippen molar-refractivity contribution in [2.24, 2.45) is 11.7 Å². The number of nitrogens with one attached hydrogen (secondary N) is 1. The van der Waals surface area contributed by atoms with E-state index >= 15 is 0 Å². The molecule has 6 nitrogen and oxygen atoms in total. The largest absolute Gasteiger partial charge is 0.350 e. The Bertz CT molecular complexity index is 543. The predicted octanol–water partition coefficient (Wildman–Crippen LogP) is 1.01. The van der Waals surface area contributed by atoms with Crippen LogP contribution in [0.2, 0.25) is 0 Å². The summed E-state index contributed by atoms with van der Waals surface area (Å²) in [4.78, 5) is 13.3.